The maximum Gasteiger partial charge on any atom is 0.254 e. The molecule has 1 amide bonds. The van der Waals surface area contributed by atoms with E-state index in [1.54, 1.807) is 11.0 Å². The van der Waals surface area contributed by atoms with Crippen molar-refractivity contribution in [3.8, 4) is 0 Å². The molecule has 18 heavy (non-hydrogen) atoms. The van der Waals surface area contributed by atoms with Crippen LogP contribution in [0, 0.1) is 0 Å². The zero-order chi connectivity index (χ0) is 13.8. The van der Waals surface area contributed by atoms with Crippen molar-refractivity contribution in [2.24, 2.45) is 5.14 Å². The van der Waals surface area contributed by atoms with Gasteiger partial charge in [-0.05, 0) is 31.2 Å². The molecule has 0 aliphatic rings. The van der Waals surface area contributed by atoms with Gasteiger partial charge in [-0.1, -0.05) is 6.08 Å². The SMILES string of the molecule is C=CCN(CC)C(=O)c1ccc(S(N)(=O)=O)cc1. The highest BCUT2D eigenvalue weighted by Crippen LogP contribution is 2.11. The van der Waals surface area contributed by atoms with Crippen LogP contribution in [0.4, 0.5) is 0 Å². The molecule has 5 nitrogen and oxygen atoms in total. The molecule has 1 aromatic rings. The van der Waals surface area contributed by atoms with Crippen LogP contribution in [0.1, 0.15) is 17.3 Å². The summed E-state index contributed by atoms with van der Waals surface area (Å²) < 4.78 is 22.2. The van der Waals surface area contributed by atoms with E-state index < -0.39 is 10.0 Å². The van der Waals surface area contributed by atoms with Gasteiger partial charge in [-0.3, -0.25) is 4.79 Å². The summed E-state index contributed by atoms with van der Waals surface area (Å²) in [6.45, 7) is 6.45. The normalized spacial score (nSPS) is 11.0. The average molecular weight is 268 g/mol. The van der Waals surface area contributed by atoms with Crippen LogP contribution in [-0.4, -0.2) is 32.3 Å². The molecule has 0 aromatic heterocycles. The van der Waals surface area contributed by atoms with Crippen LogP contribution in [0.5, 0.6) is 0 Å². The maximum atomic E-state index is 12.0. The molecule has 1 aromatic carbocycles. The van der Waals surface area contributed by atoms with Crippen molar-refractivity contribution in [3.63, 3.8) is 0 Å². The number of likely N-dealkylation sites (N-methyl/N-ethyl adjacent to an activating group) is 1. The first-order valence-electron chi connectivity index (χ1n) is 5.43. The van der Waals surface area contributed by atoms with Crippen molar-refractivity contribution in [2.45, 2.75) is 11.8 Å². The second kappa shape index (κ2) is 5.79. The smallest absolute Gasteiger partial charge is 0.254 e. The second-order valence-electron chi connectivity index (χ2n) is 3.70. The molecule has 0 radical (unpaired) electrons. The Bertz CT molecular complexity index is 535. The Balaban J connectivity index is 2.98. The summed E-state index contributed by atoms with van der Waals surface area (Å²) in [5.74, 6) is -0.168. The van der Waals surface area contributed by atoms with Gasteiger partial charge in [0.15, 0.2) is 0 Å². The molecule has 0 saturated carbocycles. The fourth-order valence-electron chi connectivity index (χ4n) is 1.48. The minimum absolute atomic E-state index is 0.00850. The van der Waals surface area contributed by atoms with Gasteiger partial charge < -0.3 is 4.90 Å². The van der Waals surface area contributed by atoms with E-state index in [1.807, 2.05) is 6.92 Å². The molecule has 98 valence electrons. The lowest BCUT2D eigenvalue weighted by Gasteiger charge is -2.18. The Labute approximate surface area is 107 Å². The Morgan fingerprint density at radius 3 is 2.33 bits per heavy atom. The molecule has 0 bridgehead atoms. The summed E-state index contributed by atoms with van der Waals surface area (Å²) in [7, 11) is -3.72. The fraction of sp³-hybridized carbons (Fsp3) is 0.250. The molecule has 1 rings (SSSR count). The van der Waals surface area contributed by atoms with E-state index in [9.17, 15) is 13.2 Å². The van der Waals surface area contributed by atoms with E-state index >= 15 is 0 Å². The van der Waals surface area contributed by atoms with E-state index in [-0.39, 0.29) is 10.8 Å². The van der Waals surface area contributed by atoms with E-state index in [0.717, 1.165) is 0 Å². The van der Waals surface area contributed by atoms with Crippen molar-refractivity contribution in [1.29, 1.82) is 0 Å². The van der Waals surface area contributed by atoms with Crippen LogP contribution in [0.2, 0.25) is 0 Å². The number of hydrogen-bond acceptors (Lipinski definition) is 3. The predicted octanol–water partition coefficient (Wildman–Crippen LogP) is 0.982. The zero-order valence-electron chi connectivity index (χ0n) is 10.2. The topological polar surface area (TPSA) is 80.5 Å². The number of benzene rings is 1. The molecule has 0 unspecified atom stereocenters. The average Bonchev–Trinajstić information content (AvgIpc) is 2.34. The summed E-state index contributed by atoms with van der Waals surface area (Å²) in [6, 6.07) is 5.55. The van der Waals surface area contributed by atoms with Crippen molar-refractivity contribution in [2.75, 3.05) is 13.1 Å². The lowest BCUT2D eigenvalue weighted by atomic mass is 10.2. The monoisotopic (exact) mass is 268 g/mol. The van der Waals surface area contributed by atoms with Gasteiger partial charge in [0, 0.05) is 18.7 Å². The highest BCUT2D eigenvalue weighted by molar-refractivity contribution is 7.89. The molecule has 0 heterocycles. The standard InChI is InChI=1S/C12H16N2O3S/c1-3-9-14(4-2)12(15)10-5-7-11(8-6-10)18(13,16)17/h3,5-8H,1,4,9H2,2H3,(H2,13,16,17). The first-order valence-corrected chi connectivity index (χ1v) is 6.97. The van der Waals surface area contributed by atoms with Crippen LogP contribution in [0.15, 0.2) is 41.8 Å². The van der Waals surface area contributed by atoms with Gasteiger partial charge in [-0.15, -0.1) is 6.58 Å². The molecule has 0 spiro atoms. The molecular weight excluding hydrogens is 252 g/mol. The van der Waals surface area contributed by atoms with Crippen molar-refractivity contribution < 1.29 is 13.2 Å². The van der Waals surface area contributed by atoms with E-state index in [2.05, 4.69) is 6.58 Å². The molecule has 0 fully saturated rings. The third-order valence-corrected chi connectivity index (χ3v) is 3.38. The van der Waals surface area contributed by atoms with E-state index in [4.69, 9.17) is 5.14 Å². The molecule has 2 N–H and O–H groups in total. The predicted molar refractivity (Wildman–Crippen MR) is 69.6 cm³/mol. The van der Waals surface area contributed by atoms with Gasteiger partial charge in [0.2, 0.25) is 10.0 Å². The third-order valence-electron chi connectivity index (χ3n) is 2.45. The van der Waals surface area contributed by atoms with Crippen LogP contribution in [0.25, 0.3) is 0 Å². The number of nitrogens with two attached hydrogens (primary N) is 1. The number of nitrogens with zero attached hydrogens (tertiary/aromatic N) is 1. The van der Waals surface area contributed by atoms with Crippen LogP contribution in [-0.2, 0) is 10.0 Å². The lowest BCUT2D eigenvalue weighted by Crippen LogP contribution is -2.30. The summed E-state index contributed by atoms with van der Waals surface area (Å²) in [4.78, 5) is 13.6. The van der Waals surface area contributed by atoms with Gasteiger partial charge in [0.05, 0.1) is 4.90 Å². The van der Waals surface area contributed by atoms with Crippen molar-refractivity contribution in [1.82, 2.24) is 4.90 Å². The quantitative estimate of drug-likeness (QED) is 0.808. The number of hydrogen-bond donors (Lipinski definition) is 1. The van der Waals surface area contributed by atoms with Crippen LogP contribution < -0.4 is 5.14 Å². The summed E-state index contributed by atoms with van der Waals surface area (Å²) in [5, 5.41) is 4.98. The first-order chi connectivity index (χ1) is 8.40. The first kappa shape index (κ1) is 14.4. The minimum Gasteiger partial charge on any atom is -0.335 e. The molecule has 0 atom stereocenters. The highest BCUT2D eigenvalue weighted by Gasteiger charge is 2.14. The van der Waals surface area contributed by atoms with E-state index in [1.165, 1.54) is 24.3 Å². The molecule has 0 aliphatic carbocycles. The second-order valence-corrected chi connectivity index (χ2v) is 5.26. The Morgan fingerprint density at radius 2 is 1.94 bits per heavy atom. The Kier molecular flexibility index (Phi) is 4.63. The Morgan fingerprint density at radius 1 is 1.39 bits per heavy atom. The lowest BCUT2D eigenvalue weighted by molar-refractivity contribution is 0.0782. The van der Waals surface area contributed by atoms with Gasteiger partial charge >= 0.3 is 0 Å². The minimum atomic E-state index is -3.72. The summed E-state index contributed by atoms with van der Waals surface area (Å²) in [5.41, 5.74) is 0.422. The summed E-state index contributed by atoms with van der Waals surface area (Å²) in [6.07, 6.45) is 1.64. The Hall–Kier alpha value is -1.66. The fourth-order valence-corrected chi connectivity index (χ4v) is 2.00. The number of carbonyl (C=O) groups is 1. The third kappa shape index (κ3) is 3.41. The molecule has 6 heteroatoms. The molecule has 0 aliphatic heterocycles. The zero-order valence-corrected chi connectivity index (χ0v) is 11.0. The van der Waals surface area contributed by atoms with Crippen LogP contribution >= 0.6 is 0 Å². The number of sulfonamides is 1. The number of amides is 1. The van der Waals surface area contributed by atoms with Crippen molar-refractivity contribution >= 4 is 15.9 Å². The highest BCUT2D eigenvalue weighted by atomic mass is 32.2. The van der Waals surface area contributed by atoms with Gasteiger partial charge in [0.1, 0.15) is 0 Å². The van der Waals surface area contributed by atoms with Gasteiger partial charge in [-0.25, -0.2) is 13.6 Å². The van der Waals surface area contributed by atoms with E-state index in [0.29, 0.717) is 18.7 Å². The molecule has 0 saturated heterocycles. The largest absolute Gasteiger partial charge is 0.335 e. The molecular formula is C12H16N2O3S. The number of carbonyl (C=O) groups excluding carboxylic acids is 1. The van der Waals surface area contributed by atoms with Gasteiger partial charge in [-0.2, -0.15) is 0 Å². The van der Waals surface area contributed by atoms with Gasteiger partial charge in [0.25, 0.3) is 5.91 Å². The number of rotatable bonds is 5. The van der Waals surface area contributed by atoms with Crippen molar-refractivity contribution in [3.05, 3.63) is 42.5 Å². The number of primary sulfonamides is 1. The maximum absolute atomic E-state index is 12.0. The summed E-state index contributed by atoms with van der Waals surface area (Å²) >= 11 is 0. The van der Waals surface area contributed by atoms with Crippen LogP contribution in [0.3, 0.4) is 0 Å².